The minimum atomic E-state index is -0.438. The zero-order valence-corrected chi connectivity index (χ0v) is 16.8. The third-order valence-electron chi connectivity index (χ3n) is 4.17. The molecule has 0 aliphatic rings. The molecule has 28 heavy (non-hydrogen) atoms. The lowest BCUT2D eigenvalue weighted by Crippen LogP contribution is -2.25. The Morgan fingerprint density at radius 3 is 2.79 bits per heavy atom. The molecule has 0 spiro atoms. The lowest BCUT2D eigenvalue weighted by Gasteiger charge is -2.11. The van der Waals surface area contributed by atoms with E-state index in [1.54, 1.807) is 31.3 Å². The van der Waals surface area contributed by atoms with E-state index in [9.17, 15) is 9.18 Å². The molecule has 1 amide bonds. The minimum Gasteiger partial charge on any atom is -0.491 e. The van der Waals surface area contributed by atoms with E-state index in [-0.39, 0.29) is 18.2 Å². The van der Waals surface area contributed by atoms with Crippen LogP contribution in [0.1, 0.15) is 60.8 Å². The largest absolute Gasteiger partial charge is 0.491 e. The fourth-order valence-corrected chi connectivity index (χ4v) is 2.69. The molecule has 0 bridgehead atoms. The first-order valence-corrected chi connectivity index (χ1v) is 9.67. The van der Waals surface area contributed by atoms with Crippen molar-refractivity contribution in [3.8, 4) is 17.6 Å². The predicted octanol–water partition coefficient (Wildman–Crippen LogP) is 4.15. The van der Waals surface area contributed by atoms with Crippen LogP contribution in [0.4, 0.5) is 4.39 Å². The number of carbonyl (C=O) groups excluding carboxylic acids is 1. The van der Waals surface area contributed by atoms with Gasteiger partial charge in [0.15, 0.2) is 11.6 Å². The van der Waals surface area contributed by atoms with Crippen LogP contribution in [0.15, 0.2) is 24.3 Å². The monoisotopic (exact) mass is 385 g/mol. The molecule has 2 aromatic rings. The number of hydrogen-bond acceptors (Lipinski definition) is 3. The third kappa shape index (κ3) is 6.41. The summed E-state index contributed by atoms with van der Waals surface area (Å²) in [6.07, 6.45) is 4.60. The van der Waals surface area contributed by atoms with Gasteiger partial charge >= 0.3 is 0 Å². The number of rotatable bonds is 9. The van der Waals surface area contributed by atoms with Crippen molar-refractivity contribution in [3.05, 3.63) is 47.0 Å². The third-order valence-corrected chi connectivity index (χ3v) is 4.17. The number of benzene rings is 1. The lowest BCUT2D eigenvalue weighted by molar-refractivity contribution is 0.0941. The molecule has 1 aromatic heterocycles. The summed E-state index contributed by atoms with van der Waals surface area (Å²) in [5, 5.41) is 6.87. The first-order valence-electron chi connectivity index (χ1n) is 9.67. The first kappa shape index (κ1) is 21.5. The fourth-order valence-electron chi connectivity index (χ4n) is 2.69. The van der Waals surface area contributed by atoms with Crippen molar-refractivity contribution in [1.82, 2.24) is 15.1 Å². The average molecular weight is 385 g/mol. The van der Waals surface area contributed by atoms with Crippen LogP contribution in [0.5, 0.6) is 5.75 Å². The van der Waals surface area contributed by atoms with Gasteiger partial charge in [-0.15, -0.1) is 11.8 Å². The molecular formula is C22H28FN3O2. The van der Waals surface area contributed by atoms with E-state index in [0.29, 0.717) is 17.9 Å². The summed E-state index contributed by atoms with van der Waals surface area (Å²) >= 11 is 0. The molecule has 0 aliphatic carbocycles. The van der Waals surface area contributed by atoms with Crippen molar-refractivity contribution in [2.24, 2.45) is 7.05 Å². The number of nitrogens with zero attached hydrogens (tertiary/aromatic N) is 2. The second-order valence-electron chi connectivity index (χ2n) is 6.62. The van der Waals surface area contributed by atoms with E-state index < -0.39 is 5.82 Å². The van der Waals surface area contributed by atoms with Crippen LogP contribution in [-0.2, 0) is 13.6 Å². The number of nitrogens with one attached hydrogen (secondary N) is 1. The molecule has 0 fully saturated rings. The second-order valence-corrected chi connectivity index (χ2v) is 6.62. The molecule has 5 nitrogen and oxygen atoms in total. The van der Waals surface area contributed by atoms with Gasteiger partial charge in [0.25, 0.3) is 5.91 Å². The van der Waals surface area contributed by atoms with E-state index in [0.717, 1.165) is 37.8 Å². The van der Waals surface area contributed by atoms with Gasteiger partial charge in [-0.3, -0.25) is 9.48 Å². The second kappa shape index (κ2) is 11.1. The molecule has 0 aliphatic heterocycles. The number of carbonyl (C=O) groups is 1. The number of aryl methyl sites for hydroxylation is 2. The van der Waals surface area contributed by atoms with Crippen LogP contribution >= 0.6 is 0 Å². The molecular weight excluding hydrogens is 357 g/mol. The molecule has 1 heterocycles. The van der Waals surface area contributed by atoms with Gasteiger partial charge in [0.05, 0.1) is 12.3 Å². The molecule has 1 aromatic carbocycles. The van der Waals surface area contributed by atoms with Crippen molar-refractivity contribution >= 4 is 5.91 Å². The van der Waals surface area contributed by atoms with Crippen LogP contribution in [-0.4, -0.2) is 22.3 Å². The fraction of sp³-hybridized carbons (Fsp3) is 0.455. The molecule has 6 heteroatoms. The van der Waals surface area contributed by atoms with Crippen LogP contribution in [0.25, 0.3) is 0 Å². The highest BCUT2D eigenvalue weighted by molar-refractivity contribution is 5.92. The molecule has 2 rings (SSSR count). The normalized spacial score (nSPS) is 10.3. The summed E-state index contributed by atoms with van der Waals surface area (Å²) in [6.45, 7) is 4.45. The van der Waals surface area contributed by atoms with E-state index >= 15 is 0 Å². The minimum absolute atomic E-state index is 0.0825. The van der Waals surface area contributed by atoms with Gasteiger partial charge in [0.2, 0.25) is 0 Å². The van der Waals surface area contributed by atoms with Crippen molar-refractivity contribution in [1.29, 1.82) is 0 Å². The van der Waals surface area contributed by atoms with Gasteiger partial charge in [-0.25, -0.2) is 4.39 Å². The van der Waals surface area contributed by atoms with Crippen LogP contribution in [0.3, 0.4) is 0 Å². The number of unbranched alkanes of at least 4 members (excludes halogenated alkanes) is 3. The number of halogens is 1. The SMILES string of the molecule is CCCC#CCCCCOc1cccc(CNC(=O)c2cc(C)nn2C)c1F. The highest BCUT2D eigenvalue weighted by Crippen LogP contribution is 2.21. The topological polar surface area (TPSA) is 56.1 Å². The molecule has 0 radical (unpaired) electrons. The summed E-state index contributed by atoms with van der Waals surface area (Å²) < 4.78 is 21.7. The van der Waals surface area contributed by atoms with Gasteiger partial charge < -0.3 is 10.1 Å². The van der Waals surface area contributed by atoms with Gasteiger partial charge in [-0.2, -0.15) is 5.10 Å². The Morgan fingerprint density at radius 2 is 2.07 bits per heavy atom. The summed E-state index contributed by atoms with van der Waals surface area (Å²) in [7, 11) is 1.70. The summed E-state index contributed by atoms with van der Waals surface area (Å²) in [6, 6.07) is 6.66. The molecule has 0 saturated carbocycles. The van der Waals surface area contributed by atoms with Gasteiger partial charge in [0, 0.05) is 32.0 Å². The Hall–Kier alpha value is -2.81. The summed E-state index contributed by atoms with van der Waals surface area (Å²) in [5.41, 5.74) is 1.58. The van der Waals surface area contributed by atoms with Crippen molar-refractivity contribution in [2.45, 2.75) is 52.5 Å². The number of ether oxygens (including phenoxy) is 1. The molecule has 1 N–H and O–H groups in total. The Morgan fingerprint density at radius 1 is 1.29 bits per heavy atom. The van der Waals surface area contributed by atoms with E-state index in [4.69, 9.17) is 4.74 Å². The first-order chi connectivity index (χ1) is 13.5. The number of aromatic nitrogens is 2. The maximum Gasteiger partial charge on any atom is 0.269 e. The predicted molar refractivity (Wildman–Crippen MR) is 108 cm³/mol. The van der Waals surface area contributed by atoms with Crippen molar-refractivity contribution in [2.75, 3.05) is 6.61 Å². The number of amides is 1. The van der Waals surface area contributed by atoms with E-state index in [1.807, 2.05) is 6.92 Å². The average Bonchev–Trinajstić information content (AvgIpc) is 3.02. The highest BCUT2D eigenvalue weighted by Gasteiger charge is 2.14. The smallest absolute Gasteiger partial charge is 0.269 e. The number of hydrogen-bond donors (Lipinski definition) is 1. The molecule has 0 atom stereocenters. The van der Waals surface area contributed by atoms with Crippen LogP contribution in [0.2, 0.25) is 0 Å². The van der Waals surface area contributed by atoms with Gasteiger partial charge in [-0.05, 0) is 38.3 Å². The Balaban J connectivity index is 1.82. The molecule has 0 unspecified atom stereocenters. The van der Waals surface area contributed by atoms with Crippen molar-refractivity contribution in [3.63, 3.8) is 0 Å². The van der Waals surface area contributed by atoms with Gasteiger partial charge in [0.1, 0.15) is 5.69 Å². The van der Waals surface area contributed by atoms with Gasteiger partial charge in [-0.1, -0.05) is 19.1 Å². The van der Waals surface area contributed by atoms with Crippen LogP contribution < -0.4 is 10.1 Å². The summed E-state index contributed by atoms with van der Waals surface area (Å²) in [4.78, 5) is 12.2. The maximum atomic E-state index is 14.6. The standard InChI is InChI=1S/C22H28FN3O2/c1-4-5-6-7-8-9-10-14-28-20-13-11-12-18(21(20)23)16-24-22(27)19-15-17(2)25-26(19)3/h11-13,15H,4-5,8-10,14,16H2,1-3H3,(H,24,27). The highest BCUT2D eigenvalue weighted by atomic mass is 19.1. The zero-order chi connectivity index (χ0) is 20.4. The Labute approximate surface area is 166 Å². The zero-order valence-electron chi connectivity index (χ0n) is 16.8. The van der Waals surface area contributed by atoms with Crippen molar-refractivity contribution < 1.29 is 13.9 Å². The summed E-state index contributed by atoms with van der Waals surface area (Å²) in [5.74, 6) is 5.71. The van der Waals surface area contributed by atoms with Crippen LogP contribution in [0, 0.1) is 24.6 Å². The maximum absolute atomic E-state index is 14.6. The Kier molecular flexibility index (Phi) is 8.54. The van der Waals surface area contributed by atoms with E-state index in [1.165, 1.54) is 4.68 Å². The molecule has 150 valence electrons. The van der Waals surface area contributed by atoms with E-state index in [2.05, 4.69) is 29.2 Å². The Bertz CT molecular complexity index is 849. The lowest BCUT2D eigenvalue weighted by atomic mass is 10.2. The molecule has 0 saturated heterocycles. The quantitative estimate of drug-likeness (QED) is 0.521.